The SMILES string of the molecule is Cc1csc(N2C(=O)c3oc4ccc(Cl)cc4c(=O)c3[C@@H]2c2cccc(F)c2)n1. The maximum absolute atomic E-state index is 14.0. The van der Waals surface area contributed by atoms with E-state index in [9.17, 15) is 14.0 Å². The average molecular weight is 427 g/mol. The van der Waals surface area contributed by atoms with Gasteiger partial charge in [-0.25, -0.2) is 9.37 Å². The van der Waals surface area contributed by atoms with Crippen LogP contribution in [0, 0.1) is 12.7 Å². The monoisotopic (exact) mass is 426 g/mol. The Bertz CT molecular complexity index is 1360. The van der Waals surface area contributed by atoms with E-state index in [1.54, 1.807) is 23.6 Å². The lowest BCUT2D eigenvalue weighted by atomic mass is 9.98. The van der Waals surface area contributed by atoms with Crippen LogP contribution in [0.25, 0.3) is 11.0 Å². The Morgan fingerprint density at radius 3 is 2.76 bits per heavy atom. The molecule has 0 fully saturated rings. The van der Waals surface area contributed by atoms with E-state index in [0.29, 0.717) is 15.7 Å². The van der Waals surface area contributed by atoms with E-state index in [0.717, 1.165) is 5.69 Å². The van der Waals surface area contributed by atoms with Crippen LogP contribution in [0.4, 0.5) is 9.52 Å². The second-order valence-electron chi connectivity index (χ2n) is 6.72. The molecule has 2 aromatic heterocycles. The van der Waals surface area contributed by atoms with E-state index in [4.69, 9.17) is 16.0 Å². The second-order valence-corrected chi connectivity index (χ2v) is 7.99. The van der Waals surface area contributed by atoms with Crippen LogP contribution in [-0.2, 0) is 0 Å². The van der Waals surface area contributed by atoms with Gasteiger partial charge >= 0.3 is 0 Å². The Labute approximate surface area is 173 Å². The quantitative estimate of drug-likeness (QED) is 0.447. The van der Waals surface area contributed by atoms with Gasteiger partial charge in [0.05, 0.1) is 22.7 Å². The predicted molar refractivity (Wildman–Crippen MR) is 109 cm³/mol. The molecule has 0 saturated heterocycles. The van der Waals surface area contributed by atoms with Crippen molar-refractivity contribution in [2.75, 3.05) is 4.90 Å². The van der Waals surface area contributed by atoms with Crippen LogP contribution in [0.2, 0.25) is 5.02 Å². The lowest BCUT2D eigenvalue weighted by Crippen LogP contribution is -2.29. The van der Waals surface area contributed by atoms with Crippen molar-refractivity contribution in [3.63, 3.8) is 0 Å². The molecular weight excluding hydrogens is 415 g/mol. The summed E-state index contributed by atoms with van der Waals surface area (Å²) in [7, 11) is 0. The van der Waals surface area contributed by atoms with E-state index in [-0.39, 0.29) is 27.7 Å². The maximum Gasteiger partial charge on any atom is 0.297 e. The van der Waals surface area contributed by atoms with Crippen LogP contribution >= 0.6 is 22.9 Å². The third-order valence-electron chi connectivity index (χ3n) is 4.81. The molecule has 8 heteroatoms. The lowest BCUT2D eigenvalue weighted by Gasteiger charge is -2.22. The standard InChI is InChI=1S/C21H12ClFN2O3S/c1-10-9-29-21(24-10)25-17(11-3-2-4-13(23)7-11)16-18(26)14-8-12(22)5-6-15(14)28-19(16)20(25)27/h2-9,17H,1H3/t17-/m0/s1. The summed E-state index contributed by atoms with van der Waals surface area (Å²) in [5.74, 6) is -1.02. The summed E-state index contributed by atoms with van der Waals surface area (Å²) in [6.45, 7) is 1.81. The number of amides is 1. The average Bonchev–Trinajstić information content (AvgIpc) is 3.24. The number of benzene rings is 2. The number of carbonyl (C=O) groups is 1. The first kappa shape index (κ1) is 18.0. The van der Waals surface area contributed by atoms with Gasteiger partial charge in [0.25, 0.3) is 5.91 Å². The predicted octanol–water partition coefficient (Wildman–Crippen LogP) is 5.10. The minimum absolute atomic E-state index is 0.0630. The summed E-state index contributed by atoms with van der Waals surface area (Å²) in [6.07, 6.45) is 0. The fourth-order valence-corrected chi connectivity index (χ4v) is 4.59. The van der Waals surface area contributed by atoms with Gasteiger partial charge in [0.1, 0.15) is 11.4 Å². The normalized spacial score (nSPS) is 15.9. The molecule has 0 radical (unpaired) electrons. The molecule has 29 heavy (non-hydrogen) atoms. The van der Waals surface area contributed by atoms with Gasteiger partial charge in [-0.3, -0.25) is 14.5 Å². The van der Waals surface area contributed by atoms with Gasteiger partial charge in [0, 0.05) is 10.4 Å². The first-order chi connectivity index (χ1) is 13.9. The number of aromatic nitrogens is 1. The molecule has 1 atom stereocenters. The number of halogens is 2. The van der Waals surface area contributed by atoms with Crippen LogP contribution in [0.3, 0.4) is 0 Å². The van der Waals surface area contributed by atoms with Gasteiger partial charge in [-0.1, -0.05) is 23.7 Å². The highest BCUT2D eigenvalue weighted by molar-refractivity contribution is 7.14. The molecule has 0 saturated carbocycles. The molecule has 5 rings (SSSR count). The highest BCUT2D eigenvalue weighted by atomic mass is 35.5. The maximum atomic E-state index is 14.0. The summed E-state index contributed by atoms with van der Waals surface area (Å²) in [6, 6.07) is 9.63. The first-order valence-electron chi connectivity index (χ1n) is 8.71. The molecule has 1 amide bonds. The van der Waals surface area contributed by atoms with Crippen LogP contribution in [0.5, 0.6) is 0 Å². The number of hydrogen-bond donors (Lipinski definition) is 0. The summed E-state index contributed by atoms with van der Waals surface area (Å²) < 4.78 is 19.8. The summed E-state index contributed by atoms with van der Waals surface area (Å²) in [5, 5.41) is 2.86. The van der Waals surface area contributed by atoms with Crippen molar-refractivity contribution < 1.29 is 13.6 Å². The van der Waals surface area contributed by atoms with Crippen molar-refractivity contribution in [2.24, 2.45) is 0 Å². The molecule has 1 aliphatic rings. The molecule has 0 bridgehead atoms. The van der Waals surface area contributed by atoms with E-state index < -0.39 is 17.8 Å². The van der Waals surface area contributed by atoms with Crippen LogP contribution < -0.4 is 10.3 Å². The molecule has 5 nitrogen and oxygen atoms in total. The van der Waals surface area contributed by atoms with Crippen molar-refractivity contribution in [3.05, 3.63) is 91.5 Å². The number of anilines is 1. The Kier molecular flexibility index (Phi) is 4.04. The topological polar surface area (TPSA) is 63.4 Å². The highest BCUT2D eigenvalue weighted by Gasteiger charge is 2.44. The highest BCUT2D eigenvalue weighted by Crippen LogP contribution is 2.42. The number of rotatable bonds is 2. The van der Waals surface area contributed by atoms with Crippen LogP contribution in [0.15, 0.2) is 57.1 Å². The van der Waals surface area contributed by atoms with Crippen molar-refractivity contribution in [1.29, 1.82) is 0 Å². The third-order valence-corrected chi connectivity index (χ3v) is 6.00. The zero-order valence-electron chi connectivity index (χ0n) is 15.0. The van der Waals surface area contributed by atoms with E-state index >= 15 is 0 Å². The largest absolute Gasteiger partial charge is 0.450 e. The molecule has 0 aliphatic carbocycles. The van der Waals surface area contributed by atoms with Gasteiger partial charge in [0.2, 0.25) is 5.76 Å². The van der Waals surface area contributed by atoms with E-state index in [1.807, 2.05) is 6.92 Å². The summed E-state index contributed by atoms with van der Waals surface area (Å²) in [5.41, 5.74) is 1.24. The molecule has 4 aromatic rings. The fraction of sp³-hybridized carbons (Fsp3) is 0.0952. The second kappa shape index (κ2) is 6.50. The van der Waals surface area contributed by atoms with E-state index in [2.05, 4.69) is 4.98 Å². The molecule has 2 aromatic carbocycles. The van der Waals surface area contributed by atoms with Crippen molar-refractivity contribution >= 4 is 44.9 Å². The van der Waals surface area contributed by atoms with Crippen LogP contribution in [-0.4, -0.2) is 10.9 Å². The number of thiazole rings is 1. The Morgan fingerprint density at radius 1 is 1.21 bits per heavy atom. The fourth-order valence-electron chi connectivity index (χ4n) is 3.59. The molecule has 1 aliphatic heterocycles. The number of hydrogen-bond acceptors (Lipinski definition) is 5. The number of fused-ring (bicyclic) bond motifs is 2. The summed E-state index contributed by atoms with van der Waals surface area (Å²) in [4.78, 5) is 32.4. The molecule has 3 heterocycles. The lowest BCUT2D eigenvalue weighted by molar-refractivity contribution is 0.0971. The van der Waals surface area contributed by atoms with Gasteiger partial charge in [0.15, 0.2) is 10.6 Å². The Balaban J connectivity index is 1.84. The number of aryl methyl sites for hydroxylation is 1. The zero-order chi connectivity index (χ0) is 20.3. The first-order valence-corrected chi connectivity index (χ1v) is 9.97. The van der Waals surface area contributed by atoms with Crippen LogP contribution in [0.1, 0.15) is 33.4 Å². The van der Waals surface area contributed by atoms with Gasteiger partial charge in [-0.05, 0) is 42.8 Å². The minimum atomic E-state index is -0.849. The number of nitrogens with zero attached hydrogens (tertiary/aromatic N) is 2. The van der Waals surface area contributed by atoms with Gasteiger partial charge in [-0.2, -0.15) is 0 Å². The minimum Gasteiger partial charge on any atom is -0.450 e. The molecule has 0 spiro atoms. The van der Waals surface area contributed by atoms with E-state index in [1.165, 1.54) is 40.5 Å². The molecule has 0 N–H and O–H groups in total. The van der Waals surface area contributed by atoms with Crippen molar-refractivity contribution in [1.82, 2.24) is 4.98 Å². The molecule has 144 valence electrons. The molecule has 0 unspecified atom stereocenters. The summed E-state index contributed by atoms with van der Waals surface area (Å²) >= 11 is 7.33. The zero-order valence-corrected chi connectivity index (χ0v) is 16.6. The number of carbonyl (C=O) groups excluding carboxylic acids is 1. The van der Waals surface area contributed by atoms with Crippen molar-refractivity contribution in [2.45, 2.75) is 13.0 Å². The van der Waals surface area contributed by atoms with Gasteiger partial charge < -0.3 is 4.42 Å². The van der Waals surface area contributed by atoms with Gasteiger partial charge in [-0.15, -0.1) is 11.3 Å². The Morgan fingerprint density at radius 2 is 2.03 bits per heavy atom. The molecular formula is C21H12ClFN2O3S. The van der Waals surface area contributed by atoms with Crippen molar-refractivity contribution in [3.8, 4) is 0 Å². The Hall–Kier alpha value is -3.03. The smallest absolute Gasteiger partial charge is 0.297 e. The third kappa shape index (κ3) is 2.77.